The van der Waals surface area contributed by atoms with Gasteiger partial charge in [-0.1, -0.05) is 38.8 Å². The summed E-state index contributed by atoms with van der Waals surface area (Å²) in [5, 5.41) is 0. The zero-order valence-corrected chi connectivity index (χ0v) is 16.1. The van der Waals surface area contributed by atoms with Crippen molar-refractivity contribution in [2.75, 3.05) is 0 Å². The standard InChI is InChI=1S/C20H31BO3/c1-7-11-20(12-8-2)14-15-13-16(9-10-17(15)22-20)21-23-18(3,4)19(5,6)24-21/h9-10,13H,7-8,11-12,14H2,1-6H3. The molecule has 0 amide bonds. The molecule has 24 heavy (non-hydrogen) atoms. The minimum Gasteiger partial charge on any atom is -0.487 e. The minimum atomic E-state index is -0.304. The van der Waals surface area contributed by atoms with Crippen molar-refractivity contribution in [2.24, 2.45) is 0 Å². The second-order valence-corrected chi connectivity index (χ2v) is 8.42. The van der Waals surface area contributed by atoms with Gasteiger partial charge in [-0.25, -0.2) is 0 Å². The quantitative estimate of drug-likeness (QED) is 0.755. The van der Waals surface area contributed by atoms with Gasteiger partial charge < -0.3 is 14.0 Å². The highest BCUT2D eigenvalue weighted by molar-refractivity contribution is 6.62. The van der Waals surface area contributed by atoms with Crippen LogP contribution in [0.4, 0.5) is 0 Å². The summed E-state index contributed by atoms with van der Waals surface area (Å²) in [5.41, 5.74) is 1.77. The van der Waals surface area contributed by atoms with Crippen LogP contribution >= 0.6 is 0 Å². The van der Waals surface area contributed by atoms with Crippen LogP contribution in [0, 0.1) is 0 Å². The molecule has 2 aliphatic heterocycles. The lowest BCUT2D eigenvalue weighted by Crippen LogP contribution is -2.41. The SMILES string of the molecule is CCCC1(CCC)Cc2cc(B3OC(C)(C)C(C)(C)O3)ccc2O1. The maximum Gasteiger partial charge on any atom is 0.494 e. The van der Waals surface area contributed by atoms with E-state index in [4.69, 9.17) is 14.0 Å². The number of benzene rings is 1. The van der Waals surface area contributed by atoms with Gasteiger partial charge in [-0.15, -0.1) is 0 Å². The van der Waals surface area contributed by atoms with Crippen molar-refractivity contribution < 1.29 is 14.0 Å². The fourth-order valence-electron chi connectivity index (χ4n) is 3.89. The molecular weight excluding hydrogens is 299 g/mol. The van der Waals surface area contributed by atoms with Crippen molar-refractivity contribution in [1.29, 1.82) is 0 Å². The third-order valence-corrected chi connectivity index (χ3v) is 5.86. The lowest BCUT2D eigenvalue weighted by Gasteiger charge is -2.32. The Balaban J connectivity index is 1.83. The van der Waals surface area contributed by atoms with Crippen molar-refractivity contribution in [3.63, 3.8) is 0 Å². The smallest absolute Gasteiger partial charge is 0.487 e. The summed E-state index contributed by atoms with van der Waals surface area (Å²) < 4.78 is 18.8. The fraction of sp³-hybridized carbons (Fsp3) is 0.700. The van der Waals surface area contributed by atoms with Crippen molar-refractivity contribution in [3.8, 4) is 5.75 Å². The maximum atomic E-state index is 6.39. The molecule has 1 fully saturated rings. The number of rotatable bonds is 5. The molecule has 0 aliphatic carbocycles. The number of ether oxygens (including phenoxy) is 1. The van der Waals surface area contributed by atoms with E-state index in [1.54, 1.807) is 0 Å². The first-order valence-corrected chi connectivity index (χ1v) is 9.39. The van der Waals surface area contributed by atoms with Crippen LogP contribution in [0.3, 0.4) is 0 Å². The van der Waals surface area contributed by atoms with Gasteiger partial charge in [0.2, 0.25) is 0 Å². The average molecular weight is 330 g/mol. The zero-order chi connectivity index (χ0) is 17.6. The van der Waals surface area contributed by atoms with Crippen molar-refractivity contribution in [3.05, 3.63) is 23.8 Å². The first kappa shape index (κ1) is 17.8. The third kappa shape index (κ3) is 2.99. The summed E-state index contributed by atoms with van der Waals surface area (Å²) in [6, 6.07) is 6.42. The number of hydrogen-bond acceptors (Lipinski definition) is 3. The molecule has 0 radical (unpaired) electrons. The summed E-state index contributed by atoms with van der Waals surface area (Å²) in [4.78, 5) is 0. The van der Waals surface area contributed by atoms with Crippen LogP contribution in [-0.2, 0) is 15.7 Å². The predicted molar refractivity (Wildman–Crippen MR) is 99.0 cm³/mol. The molecule has 2 aliphatic rings. The summed E-state index contributed by atoms with van der Waals surface area (Å²) in [5.74, 6) is 1.04. The largest absolute Gasteiger partial charge is 0.494 e. The van der Waals surface area contributed by atoms with E-state index in [0.717, 1.165) is 43.3 Å². The molecule has 0 atom stereocenters. The Labute approximate surface area is 147 Å². The van der Waals surface area contributed by atoms with E-state index in [0.29, 0.717) is 0 Å². The van der Waals surface area contributed by atoms with Crippen molar-refractivity contribution in [2.45, 2.75) is 90.4 Å². The first-order valence-electron chi connectivity index (χ1n) is 9.39. The highest BCUT2D eigenvalue weighted by Gasteiger charge is 2.52. The van der Waals surface area contributed by atoms with Crippen LogP contribution in [0.1, 0.15) is 72.8 Å². The van der Waals surface area contributed by atoms with Crippen LogP contribution < -0.4 is 10.2 Å². The topological polar surface area (TPSA) is 27.7 Å². The molecule has 2 heterocycles. The van der Waals surface area contributed by atoms with Crippen LogP contribution in [0.25, 0.3) is 0 Å². The molecule has 0 aromatic heterocycles. The van der Waals surface area contributed by atoms with E-state index in [2.05, 4.69) is 59.7 Å². The second-order valence-electron chi connectivity index (χ2n) is 8.42. The molecule has 1 saturated heterocycles. The summed E-state index contributed by atoms with van der Waals surface area (Å²) >= 11 is 0. The van der Waals surface area contributed by atoms with Gasteiger partial charge in [-0.2, -0.15) is 0 Å². The molecule has 0 N–H and O–H groups in total. The second kappa shape index (κ2) is 6.07. The normalized spacial score (nSPS) is 23.2. The van der Waals surface area contributed by atoms with E-state index in [9.17, 15) is 0 Å². The molecule has 132 valence electrons. The fourth-order valence-corrected chi connectivity index (χ4v) is 3.89. The van der Waals surface area contributed by atoms with Gasteiger partial charge in [-0.3, -0.25) is 0 Å². The first-order chi connectivity index (χ1) is 11.2. The van der Waals surface area contributed by atoms with Gasteiger partial charge in [0.25, 0.3) is 0 Å². The molecule has 3 nitrogen and oxygen atoms in total. The lowest BCUT2D eigenvalue weighted by atomic mass is 9.77. The third-order valence-electron chi connectivity index (χ3n) is 5.86. The number of hydrogen-bond donors (Lipinski definition) is 0. The van der Waals surface area contributed by atoms with Crippen LogP contribution in [0.15, 0.2) is 18.2 Å². The highest BCUT2D eigenvalue weighted by atomic mass is 16.7. The molecule has 1 aromatic rings. The molecule has 0 unspecified atom stereocenters. The number of fused-ring (bicyclic) bond motifs is 1. The van der Waals surface area contributed by atoms with Gasteiger partial charge >= 0.3 is 7.12 Å². The molecular formula is C20H31BO3. The van der Waals surface area contributed by atoms with Crippen molar-refractivity contribution in [1.82, 2.24) is 0 Å². The van der Waals surface area contributed by atoms with Crippen LogP contribution in [0.5, 0.6) is 5.75 Å². The van der Waals surface area contributed by atoms with E-state index >= 15 is 0 Å². The Hall–Kier alpha value is -0.995. The van der Waals surface area contributed by atoms with E-state index < -0.39 is 0 Å². The monoisotopic (exact) mass is 330 g/mol. The Bertz CT molecular complexity index is 587. The summed E-state index contributed by atoms with van der Waals surface area (Å²) in [6.45, 7) is 12.8. The van der Waals surface area contributed by atoms with Gasteiger partial charge in [-0.05, 0) is 57.6 Å². The lowest BCUT2D eigenvalue weighted by molar-refractivity contribution is 0.00578. The van der Waals surface area contributed by atoms with Gasteiger partial charge in [0.05, 0.1) is 11.2 Å². The highest BCUT2D eigenvalue weighted by Crippen LogP contribution is 2.41. The van der Waals surface area contributed by atoms with Gasteiger partial charge in [0.15, 0.2) is 0 Å². The Kier molecular flexibility index (Phi) is 4.50. The predicted octanol–water partition coefficient (Wildman–Crippen LogP) is 4.26. The molecule has 0 bridgehead atoms. The van der Waals surface area contributed by atoms with Crippen LogP contribution in [0.2, 0.25) is 0 Å². The molecule has 3 rings (SSSR count). The van der Waals surface area contributed by atoms with E-state index in [1.165, 1.54) is 5.56 Å². The Morgan fingerprint density at radius 3 is 2.08 bits per heavy atom. The molecule has 1 aromatic carbocycles. The van der Waals surface area contributed by atoms with Crippen LogP contribution in [-0.4, -0.2) is 23.9 Å². The average Bonchev–Trinajstić information content (AvgIpc) is 2.93. The molecule has 0 spiro atoms. The maximum absolute atomic E-state index is 6.39. The van der Waals surface area contributed by atoms with E-state index in [1.807, 2.05) is 0 Å². The Morgan fingerprint density at radius 2 is 1.54 bits per heavy atom. The summed E-state index contributed by atoms with van der Waals surface area (Å²) in [7, 11) is -0.298. The van der Waals surface area contributed by atoms with Crippen molar-refractivity contribution >= 4 is 12.6 Å². The Morgan fingerprint density at radius 1 is 0.958 bits per heavy atom. The van der Waals surface area contributed by atoms with E-state index in [-0.39, 0.29) is 23.9 Å². The molecule has 0 saturated carbocycles. The minimum absolute atomic E-state index is 0.0135. The zero-order valence-electron chi connectivity index (χ0n) is 16.1. The molecule has 4 heteroatoms. The summed E-state index contributed by atoms with van der Waals surface area (Å²) in [6.07, 6.45) is 5.52. The van der Waals surface area contributed by atoms with Gasteiger partial charge in [0, 0.05) is 6.42 Å². The van der Waals surface area contributed by atoms with Gasteiger partial charge in [0.1, 0.15) is 11.4 Å².